The molecule has 0 amide bonds. The van der Waals surface area contributed by atoms with Gasteiger partial charge in [0.25, 0.3) is 0 Å². The second kappa shape index (κ2) is 5.80. The minimum absolute atomic E-state index is 0.673. The van der Waals surface area contributed by atoms with Crippen molar-refractivity contribution in [2.24, 2.45) is 4.99 Å². The van der Waals surface area contributed by atoms with Crippen molar-refractivity contribution in [3.63, 3.8) is 0 Å². The first-order valence-corrected chi connectivity index (χ1v) is 5.41. The van der Waals surface area contributed by atoms with E-state index in [1.54, 1.807) is 19.5 Å². The van der Waals surface area contributed by atoms with Crippen LogP contribution in [0.5, 0.6) is 5.75 Å². The Morgan fingerprint density at radius 3 is 2.47 bits per heavy atom. The molecule has 2 aromatic rings. The molecule has 0 aliphatic rings. The van der Waals surface area contributed by atoms with Gasteiger partial charge in [0, 0.05) is 18.6 Å². The second-order valence-electron chi connectivity index (χ2n) is 3.60. The molecule has 3 heteroatoms. The van der Waals surface area contributed by atoms with E-state index in [0.717, 1.165) is 16.9 Å². The smallest absolute Gasteiger partial charge is 0.118 e. The molecular formula is C14H14N2O. The van der Waals surface area contributed by atoms with E-state index in [-0.39, 0.29) is 0 Å². The zero-order valence-electron chi connectivity index (χ0n) is 9.71. The van der Waals surface area contributed by atoms with Crippen molar-refractivity contribution in [3.05, 3.63) is 59.9 Å². The first kappa shape index (κ1) is 11.3. The summed E-state index contributed by atoms with van der Waals surface area (Å²) in [6, 6.07) is 11.8. The monoisotopic (exact) mass is 226 g/mol. The molecule has 0 atom stereocenters. The van der Waals surface area contributed by atoms with Gasteiger partial charge in [-0.15, -0.1) is 0 Å². The van der Waals surface area contributed by atoms with Crippen molar-refractivity contribution in [3.8, 4) is 5.75 Å². The molecule has 0 aliphatic carbocycles. The largest absolute Gasteiger partial charge is 0.497 e. The third-order valence-electron chi connectivity index (χ3n) is 2.38. The molecule has 1 heterocycles. The van der Waals surface area contributed by atoms with E-state index in [1.807, 2.05) is 42.6 Å². The Kier molecular flexibility index (Phi) is 3.86. The van der Waals surface area contributed by atoms with Crippen LogP contribution < -0.4 is 4.74 Å². The summed E-state index contributed by atoms with van der Waals surface area (Å²) in [7, 11) is 1.66. The number of benzene rings is 1. The van der Waals surface area contributed by atoms with Crippen molar-refractivity contribution >= 4 is 6.21 Å². The predicted molar refractivity (Wildman–Crippen MR) is 68.5 cm³/mol. The van der Waals surface area contributed by atoms with E-state index < -0.39 is 0 Å². The highest BCUT2D eigenvalue weighted by molar-refractivity contribution is 5.79. The molecule has 0 aliphatic heterocycles. The normalized spacial score (nSPS) is 10.6. The van der Waals surface area contributed by atoms with Crippen LogP contribution in [0.2, 0.25) is 0 Å². The Morgan fingerprint density at radius 1 is 1.12 bits per heavy atom. The number of hydrogen-bond acceptors (Lipinski definition) is 3. The van der Waals surface area contributed by atoms with Gasteiger partial charge < -0.3 is 4.74 Å². The minimum atomic E-state index is 0.673. The van der Waals surface area contributed by atoms with Crippen LogP contribution in [0.3, 0.4) is 0 Å². The molecule has 1 aromatic carbocycles. The Bertz CT molecular complexity index is 477. The van der Waals surface area contributed by atoms with Crippen molar-refractivity contribution in [2.75, 3.05) is 7.11 Å². The van der Waals surface area contributed by atoms with Crippen LogP contribution >= 0.6 is 0 Å². The molecule has 0 N–H and O–H groups in total. The highest BCUT2D eigenvalue weighted by Gasteiger charge is 1.92. The van der Waals surface area contributed by atoms with Crippen LogP contribution in [-0.2, 0) is 6.54 Å². The lowest BCUT2D eigenvalue weighted by Gasteiger charge is -2.00. The highest BCUT2D eigenvalue weighted by atomic mass is 16.5. The van der Waals surface area contributed by atoms with E-state index in [4.69, 9.17) is 4.74 Å². The highest BCUT2D eigenvalue weighted by Crippen LogP contribution is 2.11. The average molecular weight is 226 g/mol. The number of nitrogens with zero attached hydrogens (tertiary/aromatic N) is 2. The maximum atomic E-state index is 5.10. The Morgan fingerprint density at radius 2 is 1.82 bits per heavy atom. The zero-order chi connectivity index (χ0) is 11.9. The van der Waals surface area contributed by atoms with Gasteiger partial charge in [-0.2, -0.15) is 0 Å². The van der Waals surface area contributed by atoms with Crippen LogP contribution in [0.4, 0.5) is 0 Å². The van der Waals surface area contributed by atoms with E-state index in [0.29, 0.717) is 6.54 Å². The molecule has 3 nitrogen and oxygen atoms in total. The molecule has 0 saturated carbocycles. The number of hydrogen-bond donors (Lipinski definition) is 0. The first-order valence-electron chi connectivity index (χ1n) is 5.41. The van der Waals surface area contributed by atoms with Crippen LogP contribution in [0.15, 0.2) is 53.8 Å². The third-order valence-corrected chi connectivity index (χ3v) is 2.38. The Labute approximate surface area is 101 Å². The molecule has 0 radical (unpaired) electrons. The number of pyridine rings is 1. The van der Waals surface area contributed by atoms with Gasteiger partial charge in [0.05, 0.1) is 13.7 Å². The van der Waals surface area contributed by atoms with Gasteiger partial charge in [-0.1, -0.05) is 12.1 Å². The van der Waals surface area contributed by atoms with Crippen molar-refractivity contribution in [1.82, 2.24) is 4.98 Å². The average Bonchev–Trinajstić information content (AvgIpc) is 2.41. The van der Waals surface area contributed by atoms with Crippen LogP contribution in [-0.4, -0.2) is 18.3 Å². The quantitative estimate of drug-likeness (QED) is 0.751. The fourth-order valence-electron chi connectivity index (χ4n) is 1.44. The van der Waals surface area contributed by atoms with E-state index in [1.165, 1.54) is 0 Å². The molecule has 86 valence electrons. The van der Waals surface area contributed by atoms with Gasteiger partial charge in [0.1, 0.15) is 5.75 Å². The lowest BCUT2D eigenvalue weighted by molar-refractivity contribution is 0.414. The maximum Gasteiger partial charge on any atom is 0.118 e. The van der Waals surface area contributed by atoms with Crippen molar-refractivity contribution < 1.29 is 4.74 Å². The van der Waals surface area contributed by atoms with Crippen LogP contribution in [0.25, 0.3) is 0 Å². The Hall–Kier alpha value is -2.16. The van der Waals surface area contributed by atoms with Gasteiger partial charge in [0.2, 0.25) is 0 Å². The number of methoxy groups -OCH3 is 1. The van der Waals surface area contributed by atoms with E-state index in [2.05, 4.69) is 9.98 Å². The van der Waals surface area contributed by atoms with E-state index in [9.17, 15) is 0 Å². The molecular weight excluding hydrogens is 212 g/mol. The third kappa shape index (κ3) is 3.41. The Balaban J connectivity index is 1.95. The molecule has 0 unspecified atom stereocenters. The fourth-order valence-corrected chi connectivity index (χ4v) is 1.44. The predicted octanol–water partition coefficient (Wildman–Crippen LogP) is 2.71. The first-order chi connectivity index (χ1) is 8.38. The molecule has 17 heavy (non-hydrogen) atoms. The SMILES string of the molecule is COc1ccc(CN=Cc2ccncc2)cc1. The van der Waals surface area contributed by atoms with Gasteiger partial charge in [-0.3, -0.25) is 9.98 Å². The number of ether oxygens (including phenoxy) is 1. The summed E-state index contributed by atoms with van der Waals surface area (Å²) in [5.41, 5.74) is 2.23. The molecule has 1 aromatic heterocycles. The number of rotatable bonds is 4. The van der Waals surface area contributed by atoms with Crippen LogP contribution in [0, 0.1) is 0 Å². The van der Waals surface area contributed by atoms with Gasteiger partial charge >= 0.3 is 0 Å². The molecule has 0 saturated heterocycles. The lowest BCUT2D eigenvalue weighted by atomic mass is 10.2. The molecule has 2 rings (SSSR count). The fraction of sp³-hybridized carbons (Fsp3) is 0.143. The number of aliphatic imine (C=N–C) groups is 1. The second-order valence-corrected chi connectivity index (χ2v) is 3.60. The molecule has 0 spiro atoms. The summed E-state index contributed by atoms with van der Waals surface area (Å²) in [4.78, 5) is 8.33. The summed E-state index contributed by atoms with van der Waals surface area (Å²) in [6.45, 7) is 0.673. The van der Waals surface area contributed by atoms with Gasteiger partial charge in [-0.25, -0.2) is 0 Å². The molecule has 0 fully saturated rings. The topological polar surface area (TPSA) is 34.5 Å². The number of aromatic nitrogens is 1. The van der Waals surface area contributed by atoms with E-state index >= 15 is 0 Å². The van der Waals surface area contributed by atoms with Crippen LogP contribution in [0.1, 0.15) is 11.1 Å². The standard InChI is InChI=1S/C14H14N2O/c1-17-14-4-2-12(3-5-14)10-16-11-13-6-8-15-9-7-13/h2-9,11H,10H2,1H3. The summed E-state index contributed by atoms with van der Waals surface area (Å²) < 4.78 is 5.10. The summed E-state index contributed by atoms with van der Waals surface area (Å²) in [5, 5.41) is 0. The summed E-state index contributed by atoms with van der Waals surface area (Å²) in [6.07, 6.45) is 5.37. The summed E-state index contributed by atoms with van der Waals surface area (Å²) >= 11 is 0. The summed E-state index contributed by atoms with van der Waals surface area (Å²) in [5.74, 6) is 0.867. The van der Waals surface area contributed by atoms with Crippen molar-refractivity contribution in [1.29, 1.82) is 0 Å². The molecule has 0 bridgehead atoms. The minimum Gasteiger partial charge on any atom is -0.497 e. The van der Waals surface area contributed by atoms with Gasteiger partial charge in [0.15, 0.2) is 0 Å². The lowest BCUT2D eigenvalue weighted by Crippen LogP contribution is -1.86. The zero-order valence-corrected chi connectivity index (χ0v) is 9.71. The van der Waals surface area contributed by atoms with Crippen molar-refractivity contribution in [2.45, 2.75) is 6.54 Å². The maximum absolute atomic E-state index is 5.10. The van der Waals surface area contributed by atoms with Gasteiger partial charge in [-0.05, 0) is 35.4 Å².